The standard InChI is InChI=1S/C21H18O9/c1-3-29-20(27)15-12(17(22)11-8-6-5-7-9-11)10-13(18(23)24)14(19(25)26)16(15)21(28)30-4-2/h5-10H,3-4H2,1-2H3,(H,23,24)(H,25,26). The summed E-state index contributed by atoms with van der Waals surface area (Å²) in [6.45, 7) is 2.60. The van der Waals surface area contributed by atoms with Gasteiger partial charge in [-0.3, -0.25) is 4.79 Å². The van der Waals surface area contributed by atoms with Crippen molar-refractivity contribution in [3.8, 4) is 0 Å². The highest BCUT2D eigenvalue weighted by Gasteiger charge is 2.35. The Labute approximate surface area is 170 Å². The normalized spacial score (nSPS) is 10.2. The van der Waals surface area contributed by atoms with Gasteiger partial charge in [-0.1, -0.05) is 30.3 Å². The smallest absolute Gasteiger partial charge is 0.339 e. The van der Waals surface area contributed by atoms with Crippen molar-refractivity contribution in [2.24, 2.45) is 0 Å². The van der Waals surface area contributed by atoms with Gasteiger partial charge in [-0.05, 0) is 19.9 Å². The molecule has 0 aliphatic heterocycles. The zero-order valence-electron chi connectivity index (χ0n) is 16.1. The van der Waals surface area contributed by atoms with Crippen LogP contribution in [0.4, 0.5) is 0 Å². The number of carbonyl (C=O) groups excluding carboxylic acids is 3. The van der Waals surface area contributed by atoms with Gasteiger partial charge in [-0.25, -0.2) is 19.2 Å². The lowest BCUT2D eigenvalue weighted by Gasteiger charge is -2.17. The number of carboxylic acid groups (broad SMARTS) is 2. The predicted molar refractivity (Wildman–Crippen MR) is 102 cm³/mol. The lowest BCUT2D eigenvalue weighted by atomic mass is 9.87. The molecule has 0 heterocycles. The first-order valence-corrected chi connectivity index (χ1v) is 8.86. The summed E-state index contributed by atoms with van der Waals surface area (Å²) < 4.78 is 9.77. The summed E-state index contributed by atoms with van der Waals surface area (Å²) in [5, 5.41) is 19.1. The maximum absolute atomic E-state index is 13.1. The molecule has 2 rings (SSSR count). The second kappa shape index (κ2) is 9.46. The van der Waals surface area contributed by atoms with Crippen LogP contribution in [0.15, 0.2) is 36.4 Å². The Kier molecular flexibility index (Phi) is 7.03. The van der Waals surface area contributed by atoms with E-state index in [0.717, 1.165) is 6.07 Å². The topological polar surface area (TPSA) is 144 Å². The molecule has 0 radical (unpaired) electrons. The monoisotopic (exact) mass is 414 g/mol. The van der Waals surface area contributed by atoms with E-state index in [1.165, 1.54) is 26.0 Å². The quantitative estimate of drug-likeness (QED) is 0.492. The van der Waals surface area contributed by atoms with Crippen LogP contribution in [0.25, 0.3) is 0 Å². The molecule has 0 saturated heterocycles. The van der Waals surface area contributed by atoms with Crippen molar-refractivity contribution in [1.29, 1.82) is 0 Å². The van der Waals surface area contributed by atoms with E-state index >= 15 is 0 Å². The molecule has 0 unspecified atom stereocenters. The number of aromatic carboxylic acids is 2. The first-order chi connectivity index (χ1) is 14.2. The average Bonchev–Trinajstić information content (AvgIpc) is 2.72. The van der Waals surface area contributed by atoms with E-state index in [1.807, 2.05) is 0 Å². The molecule has 2 aromatic carbocycles. The van der Waals surface area contributed by atoms with E-state index in [1.54, 1.807) is 18.2 Å². The van der Waals surface area contributed by atoms with Gasteiger partial charge >= 0.3 is 23.9 Å². The van der Waals surface area contributed by atoms with Crippen LogP contribution in [0.5, 0.6) is 0 Å². The van der Waals surface area contributed by atoms with Crippen molar-refractivity contribution in [3.63, 3.8) is 0 Å². The molecule has 0 bridgehead atoms. The second-order valence-corrected chi connectivity index (χ2v) is 5.84. The molecule has 0 saturated carbocycles. The minimum absolute atomic E-state index is 0.0947. The number of benzene rings is 2. The van der Waals surface area contributed by atoms with Crippen LogP contribution in [0.2, 0.25) is 0 Å². The van der Waals surface area contributed by atoms with E-state index in [2.05, 4.69) is 0 Å². The molecule has 156 valence electrons. The van der Waals surface area contributed by atoms with Crippen molar-refractivity contribution < 1.29 is 43.7 Å². The highest BCUT2D eigenvalue weighted by molar-refractivity contribution is 6.22. The summed E-state index contributed by atoms with van der Waals surface area (Å²) in [6.07, 6.45) is 0. The Morgan fingerprint density at radius 3 is 1.73 bits per heavy atom. The molecule has 30 heavy (non-hydrogen) atoms. The summed E-state index contributed by atoms with van der Waals surface area (Å²) in [5.41, 5.74) is -3.69. The SMILES string of the molecule is CCOC(=O)c1c(C(=O)c2ccccc2)cc(C(=O)O)c(C(=O)O)c1C(=O)OCC. The molecule has 0 aliphatic carbocycles. The lowest BCUT2D eigenvalue weighted by Crippen LogP contribution is -2.25. The van der Waals surface area contributed by atoms with Gasteiger partial charge in [0, 0.05) is 11.1 Å². The van der Waals surface area contributed by atoms with E-state index in [9.17, 15) is 34.2 Å². The Balaban J connectivity index is 3.00. The summed E-state index contributed by atoms with van der Waals surface area (Å²) in [6, 6.07) is 8.35. The fourth-order valence-electron chi connectivity index (χ4n) is 2.82. The van der Waals surface area contributed by atoms with E-state index in [-0.39, 0.29) is 18.8 Å². The molecule has 0 aliphatic rings. The summed E-state index contributed by atoms with van der Waals surface area (Å²) in [4.78, 5) is 61.9. The Hall–Kier alpha value is -4.01. The highest BCUT2D eigenvalue weighted by atomic mass is 16.5. The molecular formula is C21H18O9. The van der Waals surface area contributed by atoms with E-state index in [0.29, 0.717) is 0 Å². The van der Waals surface area contributed by atoms with Crippen LogP contribution >= 0.6 is 0 Å². The molecule has 0 atom stereocenters. The number of hydrogen-bond acceptors (Lipinski definition) is 7. The van der Waals surface area contributed by atoms with Crippen molar-refractivity contribution in [1.82, 2.24) is 0 Å². The molecular weight excluding hydrogens is 396 g/mol. The molecule has 2 aromatic rings. The number of hydrogen-bond donors (Lipinski definition) is 2. The first kappa shape index (κ1) is 22.3. The third-order valence-electron chi connectivity index (χ3n) is 4.01. The predicted octanol–water partition coefficient (Wildman–Crippen LogP) is 2.67. The minimum atomic E-state index is -1.78. The first-order valence-electron chi connectivity index (χ1n) is 8.86. The maximum Gasteiger partial charge on any atom is 0.339 e. The molecule has 0 amide bonds. The van der Waals surface area contributed by atoms with Crippen molar-refractivity contribution in [2.75, 3.05) is 13.2 Å². The Bertz CT molecular complexity index is 1020. The van der Waals surface area contributed by atoms with Gasteiger partial charge in [0.05, 0.1) is 35.5 Å². The largest absolute Gasteiger partial charge is 0.478 e. The summed E-state index contributed by atoms with van der Waals surface area (Å²) in [5.74, 6) is -6.68. The summed E-state index contributed by atoms with van der Waals surface area (Å²) in [7, 11) is 0. The van der Waals surface area contributed by atoms with E-state index < -0.39 is 57.5 Å². The number of carboxylic acids is 2. The van der Waals surface area contributed by atoms with Crippen molar-refractivity contribution in [3.05, 3.63) is 69.8 Å². The van der Waals surface area contributed by atoms with E-state index in [4.69, 9.17) is 9.47 Å². The van der Waals surface area contributed by atoms with Gasteiger partial charge in [0.15, 0.2) is 5.78 Å². The number of rotatable bonds is 8. The molecule has 0 fully saturated rings. The molecule has 2 N–H and O–H groups in total. The zero-order valence-corrected chi connectivity index (χ0v) is 16.1. The molecule has 9 nitrogen and oxygen atoms in total. The second-order valence-electron chi connectivity index (χ2n) is 5.84. The number of carbonyl (C=O) groups is 5. The van der Waals surface area contributed by atoms with Gasteiger partial charge in [0.25, 0.3) is 0 Å². The van der Waals surface area contributed by atoms with Crippen LogP contribution in [0, 0.1) is 0 Å². The Morgan fingerprint density at radius 1 is 0.733 bits per heavy atom. The Morgan fingerprint density at radius 2 is 1.27 bits per heavy atom. The fraction of sp³-hybridized carbons (Fsp3) is 0.190. The molecule has 0 spiro atoms. The van der Waals surface area contributed by atoms with Crippen LogP contribution in [0.3, 0.4) is 0 Å². The van der Waals surface area contributed by atoms with Crippen LogP contribution < -0.4 is 0 Å². The minimum Gasteiger partial charge on any atom is -0.478 e. The van der Waals surface area contributed by atoms with Crippen LogP contribution in [0.1, 0.15) is 71.2 Å². The van der Waals surface area contributed by atoms with Gasteiger partial charge in [-0.2, -0.15) is 0 Å². The fourth-order valence-corrected chi connectivity index (χ4v) is 2.82. The molecule has 9 heteroatoms. The van der Waals surface area contributed by atoms with Gasteiger partial charge in [-0.15, -0.1) is 0 Å². The van der Waals surface area contributed by atoms with Crippen molar-refractivity contribution in [2.45, 2.75) is 13.8 Å². The van der Waals surface area contributed by atoms with Gasteiger partial charge < -0.3 is 19.7 Å². The van der Waals surface area contributed by atoms with Gasteiger partial charge in [0.2, 0.25) is 0 Å². The number of ketones is 1. The average molecular weight is 414 g/mol. The third-order valence-corrected chi connectivity index (χ3v) is 4.01. The maximum atomic E-state index is 13.1. The highest BCUT2D eigenvalue weighted by Crippen LogP contribution is 2.28. The molecule has 0 aromatic heterocycles. The van der Waals surface area contributed by atoms with Gasteiger partial charge in [0.1, 0.15) is 0 Å². The van der Waals surface area contributed by atoms with Crippen LogP contribution in [-0.2, 0) is 9.47 Å². The van der Waals surface area contributed by atoms with Crippen LogP contribution in [-0.4, -0.2) is 53.1 Å². The third kappa shape index (κ3) is 4.35. The lowest BCUT2D eigenvalue weighted by molar-refractivity contribution is 0.0471. The number of esters is 2. The van der Waals surface area contributed by atoms with Crippen molar-refractivity contribution >= 4 is 29.7 Å². The number of ether oxygens (including phenoxy) is 2. The summed E-state index contributed by atoms with van der Waals surface area (Å²) >= 11 is 0. The zero-order chi connectivity index (χ0) is 22.4.